The summed E-state index contributed by atoms with van der Waals surface area (Å²) in [7, 11) is -1.90. The second kappa shape index (κ2) is 8.52. The summed E-state index contributed by atoms with van der Waals surface area (Å²) in [6.45, 7) is 1.96. The molecular formula is C20H24N2O5S. The molecule has 1 heterocycles. The van der Waals surface area contributed by atoms with Gasteiger partial charge in [-0.3, -0.25) is 9.10 Å². The molecule has 3 rings (SSSR count). The highest BCUT2D eigenvalue weighted by molar-refractivity contribution is 7.92. The number of para-hydroxylation sites is 2. The molecule has 8 heteroatoms. The van der Waals surface area contributed by atoms with Crippen LogP contribution in [0.15, 0.2) is 48.5 Å². The Labute approximate surface area is 165 Å². The second-order valence-corrected chi connectivity index (χ2v) is 8.58. The first kappa shape index (κ1) is 20.0. The molecule has 0 unspecified atom stereocenters. The van der Waals surface area contributed by atoms with Crippen LogP contribution in [0.25, 0.3) is 0 Å². The van der Waals surface area contributed by atoms with E-state index in [1.54, 1.807) is 38.3 Å². The fourth-order valence-corrected chi connectivity index (χ4v) is 4.12. The molecule has 1 atom stereocenters. The Morgan fingerprint density at radius 1 is 1.21 bits per heavy atom. The van der Waals surface area contributed by atoms with Crippen molar-refractivity contribution in [2.75, 3.05) is 30.3 Å². The van der Waals surface area contributed by atoms with E-state index in [9.17, 15) is 13.2 Å². The molecule has 2 aromatic carbocycles. The van der Waals surface area contributed by atoms with Crippen LogP contribution in [-0.2, 0) is 21.2 Å². The highest BCUT2D eigenvalue weighted by Gasteiger charge is 2.35. The number of ether oxygens (including phenoxy) is 2. The summed E-state index contributed by atoms with van der Waals surface area (Å²) >= 11 is 0. The normalized spacial score (nSPS) is 16.1. The molecular weight excluding hydrogens is 380 g/mol. The van der Waals surface area contributed by atoms with Crippen molar-refractivity contribution in [3.05, 3.63) is 54.1 Å². The van der Waals surface area contributed by atoms with Gasteiger partial charge in [-0.1, -0.05) is 24.3 Å². The molecule has 1 aliphatic heterocycles. The third-order valence-electron chi connectivity index (χ3n) is 4.60. The number of carbonyl (C=O) groups excluding carboxylic acids is 1. The fourth-order valence-electron chi connectivity index (χ4n) is 2.99. The molecule has 1 N–H and O–H groups in total. The van der Waals surface area contributed by atoms with Gasteiger partial charge in [0.05, 0.1) is 25.1 Å². The molecule has 0 bridgehead atoms. The number of amides is 1. The number of anilines is 1. The predicted octanol–water partition coefficient (Wildman–Crippen LogP) is 1.97. The minimum atomic E-state index is -3.51. The van der Waals surface area contributed by atoms with Crippen molar-refractivity contribution in [2.24, 2.45) is 0 Å². The van der Waals surface area contributed by atoms with Crippen LogP contribution in [0.2, 0.25) is 0 Å². The summed E-state index contributed by atoms with van der Waals surface area (Å²) in [4.78, 5) is 12.6. The summed E-state index contributed by atoms with van der Waals surface area (Å²) in [5.74, 6) is 0.785. The van der Waals surface area contributed by atoms with Crippen molar-refractivity contribution < 1.29 is 22.7 Å². The van der Waals surface area contributed by atoms with E-state index in [1.165, 1.54) is 4.31 Å². The Morgan fingerprint density at radius 2 is 1.93 bits per heavy atom. The predicted molar refractivity (Wildman–Crippen MR) is 107 cm³/mol. The number of methoxy groups -OCH3 is 1. The first-order chi connectivity index (χ1) is 13.4. The fraction of sp³-hybridized carbons (Fsp3) is 0.350. The van der Waals surface area contributed by atoms with Crippen molar-refractivity contribution in [1.29, 1.82) is 0 Å². The lowest BCUT2D eigenvalue weighted by Crippen LogP contribution is -2.51. The lowest BCUT2D eigenvalue weighted by atomic mass is 10.1. The monoisotopic (exact) mass is 404 g/mol. The summed E-state index contributed by atoms with van der Waals surface area (Å²) < 4.78 is 37.1. The quantitative estimate of drug-likeness (QED) is 0.763. The highest BCUT2D eigenvalue weighted by atomic mass is 32.2. The number of rotatable bonds is 7. The summed E-state index contributed by atoms with van der Waals surface area (Å²) in [6, 6.07) is 14.5. The molecule has 2 aromatic rings. The smallest absolute Gasteiger partial charge is 0.263 e. The maximum atomic E-state index is 12.6. The van der Waals surface area contributed by atoms with Crippen LogP contribution in [-0.4, -0.2) is 46.4 Å². The highest BCUT2D eigenvalue weighted by Crippen LogP contribution is 2.35. The van der Waals surface area contributed by atoms with Crippen molar-refractivity contribution in [1.82, 2.24) is 5.32 Å². The Bertz CT molecular complexity index is 928. The molecule has 0 saturated heterocycles. The Morgan fingerprint density at radius 3 is 2.61 bits per heavy atom. The van der Waals surface area contributed by atoms with Crippen LogP contribution < -0.4 is 19.1 Å². The molecule has 0 radical (unpaired) electrons. The zero-order valence-corrected chi connectivity index (χ0v) is 16.7. The third-order valence-corrected chi connectivity index (χ3v) is 6.35. The van der Waals surface area contributed by atoms with Gasteiger partial charge in [0.1, 0.15) is 11.5 Å². The molecule has 0 spiro atoms. The van der Waals surface area contributed by atoms with Gasteiger partial charge in [0.25, 0.3) is 5.91 Å². The molecule has 150 valence electrons. The van der Waals surface area contributed by atoms with E-state index in [0.717, 1.165) is 11.3 Å². The molecule has 1 aliphatic rings. The van der Waals surface area contributed by atoms with Crippen molar-refractivity contribution >= 4 is 21.6 Å². The molecule has 1 amide bonds. The van der Waals surface area contributed by atoms with Gasteiger partial charge in [-0.15, -0.1) is 0 Å². The molecule has 28 heavy (non-hydrogen) atoms. The molecule has 0 aliphatic carbocycles. The molecule has 0 aromatic heterocycles. The van der Waals surface area contributed by atoms with E-state index in [-0.39, 0.29) is 18.2 Å². The molecule has 7 nitrogen and oxygen atoms in total. The summed E-state index contributed by atoms with van der Waals surface area (Å²) in [5.41, 5.74) is 1.53. The van der Waals surface area contributed by atoms with E-state index >= 15 is 0 Å². The van der Waals surface area contributed by atoms with Crippen molar-refractivity contribution in [2.45, 2.75) is 19.4 Å². The maximum absolute atomic E-state index is 12.6. The van der Waals surface area contributed by atoms with Gasteiger partial charge in [-0.2, -0.15) is 0 Å². The van der Waals surface area contributed by atoms with Crippen LogP contribution in [0, 0.1) is 0 Å². The largest absolute Gasteiger partial charge is 0.497 e. The number of benzene rings is 2. The van der Waals surface area contributed by atoms with E-state index in [4.69, 9.17) is 9.47 Å². The van der Waals surface area contributed by atoms with Crippen LogP contribution in [0.5, 0.6) is 11.5 Å². The van der Waals surface area contributed by atoms with E-state index in [0.29, 0.717) is 24.4 Å². The summed E-state index contributed by atoms with van der Waals surface area (Å²) in [6.07, 6.45) is -0.247. The van der Waals surface area contributed by atoms with Crippen molar-refractivity contribution in [3.63, 3.8) is 0 Å². The minimum Gasteiger partial charge on any atom is -0.497 e. The van der Waals surface area contributed by atoms with E-state index in [2.05, 4.69) is 5.32 Å². The Hall–Kier alpha value is -2.74. The number of nitrogens with one attached hydrogen (secondary N) is 1. The molecule has 0 saturated carbocycles. The van der Waals surface area contributed by atoms with Crippen LogP contribution in [0.4, 0.5) is 5.69 Å². The average molecular weight is 404 g/mol. The number of fused-ring (bicyclic) bond motifs is 1. The maximum Gasteiger partial charge on any atom is 0.263 e. The van der Waals surface area contributed by atoms with Gasteiger partial charge in [-0.25, -0.2) is 8.42 Å². The Balaban J connectivity index is 1.65. The van der Waals surface area contributed by atoms with Crippen LogP contribution in [0.3, 0.4) is 0 Å². The number of sulfonamides is 1. The van der Waals surface area contributed by atoms with Gasteiger partial charge in [-0.05, 0) is 43.2 Å². The van der Waals surface area contributed by atoms with Gasteiger partial charge in [0.2, 0.25) is 10.0 Å². The Kier molecular flexibility index (Phi) is 6.08. The van der Waals surface area contributed by atoms with Crippen molar-refractivity contribution in [3.8, 4) is 11.5 Å². The number of carbonyl (C=O) groups is 1. The summed E-state index contributed by atoms with van der Waals surface area (Å²) in [5, 5.41) is 2.83. The standard InChI is InChI=1S/C20H24N2O5S/c1-3-28(24,25)22-14-19(27-18-7-5-4-6-17(18)22)20(23)21-13-12-15-8-10-16(26-2)11-9-15/h4-11,19H,3,12-14H2,1-2H3,(H,21,23)/t19-/m1/s1. The van der Waals surface area contributed by atoms with Gasteiger partial charge < -0.3 is 14.8 Å². The first-order valence-electron chi connectivity index (χ1n) is 9.11. The SMILES string of the molecule is CCS(=O)(=O)N1C[C@H](C(=O)NCCc2ccc(OC)cc2)Oc2ccccc21. The van der Waals surface area contributed by atoms with Gasteiger partial charge >= 0.3 is 0 Å². The van der Waals surface area contributed by atoms with Gasteiger partial charge in [0, 0.05) is 6.54 Å². The third kappa shape index (κ3) is 4.39. The second-order valence-electron chi connectivity index (χ2n) is 6.39. The van der Waals surface area contributed by atoms with E-state index in [1.807, 2.05) is 24.3 Å². The topological polar surface area (TPSA) is 84.9 Å². The lowest BCUT2D eigenvalue weighted by Gasteiger charge is -2.34. The van der Waals surface area contributed by atoms with Crippen LogP contribution in [0.1, 0.15) is 12.5 Å². The minimum absolute atomic E-state index is 0.0401. The molecule has 0 fully saturated rings. The number of nitrogens with zero attached hydrogens (tertiary/aromatic N) is 1. The average Bonchev–Trinajstić information content (AvgIpc) is 2.73. The number of hydrogen-bond donors (Lipinski definition) is 1. The first-order valence-corrected chi connectivity index (χ1v) is 10.7. The number of hydrogen-bond acceptors (Lipinski definition) is 5. The van der Waals surface area contributed by atoms with E-state index < -0.39 is 16.1 Å². The lowest BCUT2D eigenvalue weighted by molar-refractivity contribution is -0.127. The van der Waals surface area contributed by atoms with Crippen LogP contribution >= 0.6 is 0 Å². The van der Waals surface area contributed by atoms with Gasteiger partial charge in [0.15, 0.2) is 6.10 Å². The zero-order valence-electron chi connectivity index (χ0n) is 15.9. The zero-order chi connectivity index (χ0) is 20.1.